The summed E-state index contributed by atoms with van der Waals surface area (Å²) in [5, 5.41) is 8.97. The summed E-state index contributed by atoms with van der Waals surface area (Å²) >= 11 is 0. The SMILES string of the molecule is c1ccc(N(c2ccc(-c3cccc4oc5ccccc5c34)cc2)c2ccc3oc4ccccc4c3c2)c(-c2cccc3oc4cc5ccccc5cc4c23)c1. The third-order valence-electron chi connectivity index (χ3n) is 11.3. The van der Waals surface area contributed by atoms with Crippen LogP contribution < -0.4 is 4.90 Å². The third-order valence-corrected chi connectivity index (χ3v) is 11.3. The summed E-state index contributed by atoms with van der Waals surface area (Å²) in [6.45, 7) is 0. The van der Waals surface area contributed by atoms with Gasteiger partial charge in [0.05, 0.1) is 5.69 Å². The molecule has 4 heteroatoms. The first-order chi connectivity index (χ1) is 27.7. The Morgan fingerprint density at radius 3 is 1.68 bits per heavy atom. The number of rotatable bonds is 5. The van der Waals surface area contributed by atoms with Crippen molar-refractivity contribution in [1.29, 1.82) is 0 Å². The molecule has 12 aromatic rings. The molecule has 0 bridgehead atoms. The Hall–Kier alpha value is -7.56. The molecule has 0 fully saturated rings. The fourth-order valence-electron chi connectivity index (χ4n) is 8.72. The number of anilines is 3. The van der Waals surface area contributed by atoms with E-state index in [9.17, 15) is 0 Å². The largest absolute Gasteiger partial charge is 0.456 e. The fourth-order valence-corrected chi connectivity index (χ4v) is 8.72. The molecular weight excluding hydrogens is 687 g/mol. The van der Waals surface area contributed by atoms with E-state index < -0.39 is 0 Å². The lowest BCUT2D eigenvalue weighted by Gasteiger charge is -2.28. The van der Waals surface area contributed by atoms with E-state index in [0.29, 0.717) is 0 Å². The second kappa shape index (κ2) is 12.0. The van der Waals surface area contributed by atoms with Crippen LogP contribution in [0.5, 0.6) is 0 Å². The highest BCUT2D eigenvalue weighted by atomic mass is 16.3. The zero-order valence-corrected chi connectivity index (χ0v) is 30.1. The van der Waals surface area contributed by atoms with Crippen molar-refractivity contribution < 1.29 is 13.3 Å². The van der Waals surface area contributed by atoms with Gasteiger partial charge in [0, 0.05) is 49.3 Å². The highest BCUT2D eigenvalue weighted by molar-refractivity contribution is 6.17. The lowest BCUT2D eigenvalue weighted by Crippen LogP contribution is -2.11. The van der Waals surface area contributed by atoms with E-state index in [2.05, 4.69) is 163 Å². The van der Waals surface area contributed by atoms with Crippen LogP contribution >= 0.6 is 0 Å². The van der Waals surface area contributed by atoms with Gasteiger partial charge >= 0.3 is 0 Å². The maximum atomic E-state index is 6.55. The van der Waals surface area contributed by atoms with Gasteiger partial charge in [-0.15, -0.1) is 0 Å². The Balaban J connectivity index is 1.08. The number of fused-ring (bicyclic) bond motifs is 10. The first-order valence-corrected chi connectivity index (χ1v) is 18.9. The van der Waals surface area contributed by atoms with Crippen molar-refractivity contribution in [2.45, 2.75) is 0 Å². The number of hydrogen-bond donors (Lipinski definition) is 0. The number of benzene rings is 9. The summed E-state index contributed by atoms with van der Waals surface area (Å²) in [6, 6.07) is 66.2. The molecule has 0 aliphatic rings. The highest BCUT2D eigenvalue weighted by Gasteiger charge is 2.22. The Bertz CT molecular complexity index is 3490. The van der Waals surface area contributed by atoms with Crippen molar-refractivity contribution in [1.82, 2.24) is 0 Å². The van der Waals surface area contributed by atoms with E-state index in [4.69, 9.17) is 13.3 Å². The Morgan fingerprint density at radius 2 is 0.857 bits per heavy atom. The van der Waals surface area contributed by atoms with Gasteiger partial charge in [0.15, 0.2) is 0 Å². The van der Waals surface area contributed by atoms with E-state index in [1.165, 1.54) is 5.39 Å². The molecule has 3 heterocycles. The van der Waals surface area contributed by atoms with Crippen molar-refractivity contribution in [3.8, 4) is 22.3 Å². The summed E-state index contributed by atoms with van der Waals surface area (Å²) in [5.74, 6) is 0. The van der Waals surface area contributed by atoms with Crippen molar-refractivity contribution in [3.63, 3.8) is 0 Å². The molecule has 0 N–H and O–H groups in total. The van der Waals surface area contributed by atoms with Gasteiger partial charge in [-0.05, 0) is 100 Å². The quantitative estimate of drug-likeness (QED) is 0.178. The van der Waals surface area contributed by atoms with Crippen molar-refractivity contribution >= 4 is 93.7 Å². The van der Waals surface area contributed by atoms with Crippen LogP contribution in [-0.4, -0.2) is 0 Å². The molecule has 0 aliphatic carbocycles. The van der Waals surface area contributed by atoms with Crippen LogP contribution in [0.1, 0.15) is 0 Å². The molecule has 0 atom stereocenters. The summed E-state index contributed by atoms with van der Waals surface area (Å²) in [5.41, 5.74) is 12.9. The first kappa shape index (κ1) is 30.9. The van der Waals surface area contributed by atoms with Gasteiger partial charge in [0.2, 0.25) is 0 Å². The minimum atomic E-state index is 0.862. The number of para-hydroxylation sites is 3. The van der Waals surface area contributed by atoms with Crippen LogP contribution in [0.3, 0.4) is 0 Å². The minimum absolute atomic E-state index is 0.862. The van der Waals surface area contributed by atoms with Crippen LogP contribution in [0, 0.1) is 0 Å². The lowest BCUT2D eigenvalue weighted by atomic mass is 9.95. The van der Waals surface area contributed by atoms with E-state index in [1.54, 1.807) is 0 Å². The van der Waals surface area contributed by atoms with Gasteiger partial charge < -0.3 is 18.2 Å². The molecule has 12 rings (SSSR count). The van der Waals surface area contributed by atoms with Gasteiger partial charge in [-0.1, -0.05) is 115 Å². The zero-order chi connectivity index (χ0) is 36.7. The maximum absolute atomic E-state index is 6.55. The van der Waals surface area contributed by atoms with Gasteiger partial charge in [0.1, 0.15) is 33.5 Å². The Kier molecular flexibility index (Phi) is 6.60. The van der Waals surface area contributed by atoms with Crippen molar-refractivity contribution in [2.24, 2.45) is 0 Å². The average Bonchev–Trinajstić information content (AvgIpc) is 3.94. The van der Waals surface area contributed by atoms with Crippen LogP contribution in [0.4, 0.5) is 17.1 Å². The predicted molar refractivity (Wildman–Crippen MR) is 231 cm³/mol. The van der Waals surface area contributed by atoms with Crippen molar-refractivity contribution in [3.05, 3.63) is 188 Å². The molecule has 0 saturated carbocycles. The third kappa shape index (κ3) is 4.66. The zero-order valence-electron chi connectivity index (χ0n) is 30.1. The molecule has 56 heavy (non-hydrogen) atoms. The van der Waals surface area contributed by atoms with Gasteiger partial charge in [-0.25, -0.2) is 0 Å². The summed E-state index contributed by atoms with van der Waals surface area (Å²) < 4.78 is 19.1. The summed E-state index contributed by atoms with van der Waals surface area (Å²) in [6.07, 6.45) is 0. The van der Waals surface area contributed by atoms with Crippen LogP contribution in [0.25, 0.3) is 98.8 Å². The molecule has 0 aliphatic heterocycles. The predicted octanol–water partition coefficient (Wildman–Crippen LogP) is 15.3. The molecule has 0 spiro atoms. The van der Waals surface area contributed by atoms with Crippen LogP contribution in [0.15, 0.2) is 201 Å². The molecule has 0 amide bonds. The molecule has 9 aromatic carbocycles. The summed E-state index contributed by atoms with van der Waals surface area (Å²) in [4.78, 5) is 2.37. The smallest absolute Gasteiger partial charge is 0.136 e. The average molecular weight is 718 g/mol. The topological polar surface area (TPSA) is 42.7 Å². The fraction of sp³-hybridized carbons (Fsp3) is 0. The van der Waals surface area contributed by atoms with Gasteiger partial charge in [-0.2, -0.15) is 0 Å². The van der Waals surface area contributed by atoms with Crippen LogP contribution in [0.2, 0.25) is 0 Å². The summed E-state index contributed by atoms with van der Waals surface area (Å²) in [7, 11) is 0. The van der Waals surface area contributed by atoms with E-state index >= 15 is 0 Å². The maximum Gasteiger partial charge on any atom is 0.136 e. The molecule has 0 unspecified atom stereocenters. The van der Waals surface area contributed by atoms with Crippen molar-refractivity contribution in [2.75, 3.05) is 4.90 Å². The normalized spacial score (nSPS) is 11.9. The first-order valence-electron chi connectivity index (χ1n) is 18.9. The van der Waals surface area contributed by atoms with Gasteiger partial charge in [-0.3, -0.25) is 0 Å². The highest BCUT2D eigenvalue weighted by Crippen LogP contribution is 2.47. The second-order valence-corrected chi connectivity index (χ2v) is 14.4. The molecule has 0 radical (unpaired) electrons. The van der Waals surface area contributed by atoms with E-state index in [1.807, 2.05) is 30.3 Å². The second-order valence-electron chi connectivity index (χ2n) is 14.4. The minimum Gasteiger partial charge on any atom is -0.456 e. The number of furan rings is 3. The Labute approximate surface area is 321 Å². The molecule has 3 aromatic heterocycles. The van der Waals surface area contributed by atoms with Crippen LogP contribution in [-0.2, 0) is 0 Å². The monoisotopic (exact) mass is 717 g/mol. The lowest BCUT2D eigenvalue weighted by molar-refractivity contribution is 0.668. The molecule has 262 valence electrons. The Morgan fingerprint density at radius 1 is 0.304 bits per heavy atom. The standard InChI is InChI=1S/C52H31NO3/c1-2-12-34-30-50-43(29-33(34)11-1)52-40(17-10-22-49(52)56-50)38-13-3-6-18-44(38)53(36-27-28-47-42(31-36)39-14-4-7-19-45(39)54-47)35-25-23-32(24-26-35)37-16-9-21-48-51(37)41-15-5-8-20-46(41)55-48/h1-31H. The number of hydrogen-bond acceptors (Lipinski definition) is 4. The van der Waals surface area contributed by atoms with E-state index in [0.717, 1.165) is 111 Å². The molecule has 4 nitrogen and oxygen atoms in total. The number of nitrogens with zero attached hydrogens (tertiary/aromatic N) is 1. The van der Waals surface area contributed by atoms with E-state index in [-0.39, 0.29) is 0 Å². The van der Waals surface area contributed by atoms with Gasteiger partial charge in [0.25, 0.3) is 0 Å². The molecular formula is C52H31NO3. The molecule has 0 saturated heterocycles.